The lowest BCUT2D eigenvalue weighted by atomic mass is 9.89. The Bertz CT molecular complexity index is 704. The summed E-state index contributed by atoms with van der Waals surface area (Å²) < 4.78 is 3.80. The van der Waals surface area contributed by atoms with Crippen molar-refractivity contribution in [2.45, 2.75) is 24.8 Å². The fraction of sp³-hybridized carbons (Fsp3) is 0.588. The predicted octanol–water partition coefficient (Wildman–Crippen LogP) is 1.63. The first-order valence-corrected chi connectivity index (χ1v) is 8.69. The van der Waals surface area contributed by atoms with E-state index in [0.29, 0.717) is 6.04 Å². The molecular weight excluding hydrogens is 375 g/mol. The molecular formula is C17H26Cl2N6O. The molecule has 2 fully saturated rings. The minimum atomic E-state index is 0. The molecule has 7 nitrogen and oxygen atoms in total. The number of rotatable bonds is 3. The van der Waals surface area contributed by atoms with Crippen LogP contribution in [0.25, 0.3) is 0 Å². The van der Waals surface area contributed by atoms with Crippen LogP contribution in [0.5, 0.6) is 0 Å². The molecule has 2 saturated heterocycles. The molecule has 0 aliphatic carbocycles. The third-order valence-corrected chi connectivity index (χ3v) is 5.29. The number of piperidine rings is 1. The van der Waals surface area contributed by atoms with E-state index < -0.39 is 0 Å². The van der Waals surface area contributed by atoms with Gasteiger partial charge < -0.3 is 10.2 Å². The van der Waals surface area contributed by atoms with Gasteiger partial charge in [0.25, 0.3) is 0 Å². The number of carbonyl (C=O) groups excluding carboxylic acids is 1. The molecule has 9 heteroatoms. The number of nitrogens with zero attached hydrogens (tertiary/aromatic N) is 5. The minimum Gasteiger partial charge on any atom is -0.340 e. The summed E-state index contributed by atoms with van der Waals surface area (Å²) in [7, 11) is 1.92. The highest BCUT2D eigenvalue weighted by Crippen LogP contribution is 2.31. The van der Waals surface area contributed by atoms with Crippen LogP contribution in [-0.4, -0.2) is 56.5 Å². The van der Waals surface area contributed by atoms with E-state index in [0.717, 1.165) is 44.6 Å². The summed E-state index contributed by atoms with van der Waals surface area (Å²) in [6, 6.07) is 2.24. The molecule has 2 aromatic heterocycles. The van der Waals surface area contributed by atoms with Gasteiger partial charge in [0.2, 0.25) is 5.91 Å². The summed E-state index contributed by atoms with van der Waals surface area (Å²) in [5.74, 6) is 0.493. The van der Waals surface area contributed by atoms with Crippen molar-refractivity contribution in [3.8, 4) is 0 Å². The van der Waals surface area contributed by atoms with Crippen molar-refractivity contribution in [1.82, 2.24) is 29.8 Å². The number of likely N-dealkylation sites (tertiary alicyclic amines) is 1. The first-order chi connectivity index (χ1) is 11.7. The maximum Gasteiger partial charge on any atom is 0.227 e. The van der Waals surface area contributed by atoms with E-state index in [1.807, 2.05) is 46.0 Å². The second-order valence-electron chi connectivity index (χ2n) is 6.88. The summed E-state index contributed by atoms with van der Waals surface area (Å²) in [5.41, 5.74) is 1.15. The molecule has 2 aliphatic heterocycles. The van der Waals surface area contributed by atoms with E-state index in [1.165, 1.54) is 0 Å². The first-order valence-electron chi connectivity index (χ1n) is 8.69. The lowest BCUT2D eigenvalue weighted by molar-refractivity contribution is -0.137. The molecule has 0 saturated carbocycles. The minimum absolute atomic E-state index is 0. The van der Waals surface area contributed by atoms with E-state index in [2.05, 4.69) is 15.5 Å². The van der Waals surface area contributed by atoms with Crippen LogP contribution in [0.3, 0.4) is 0 Å². The van der Waals surface area contributed by atoms with Crippen molar-refractivity contribution >= 4 is 30.7 Å². The zero-order chi connectivity index (χ0) is 16.5. The third-order valence-electron chi connectivity index (χ3n) is 5.29. The molecule has 1 amide bonds. The molecule has 1 unspecified atom stereocenters. The lowest BCUT2D eigenvalue weighted by Gasteiger charge is -2.35. The molecule has 0 radical (unpaired) electrons. The second-order valence-corrected chi connectivity index (χ2v) is 6.88. The molecule has 0 spiro atoms. The van der Waals surface area contributed by atoms with Crippen molar-refractivity contribution < 1.29 is 4.79 Å². The number of halogens is 2. The van der Waals surface area contributed by atoms with Gasteiger partial charge in [-0.3, -0.25) is 14.2 Å². The Hall–Kier alpha value is -1.57. The monoisotopic (exact) mass is 400 g/mol. The molecule has 0 aromatic carbocycles. The van der Waals surface area contributed by atoms with Gasteiger partial charge in [0.05, 0.1) is 18.2 Å². The van der Waals surface area contributed by atoms with E-state index in [9.17, 15) is 4.79 Å². The van der Waals surface area contributed by atoms with E-state index in [1.54, 1.807) is 6.20 Å². The average Bonchev–Trinajstić information content (AvgIpc) is 3.35. The quantitative estimate of drug-likeness (QED) is 0.849. The Morgan fingerprint density at radius 2 is 2.12 bits per heavy atom. The standard InChI is InChI=1S/C17H24N6O.2ClH/c1-21-11-13(8-20-21)15-9-18-10-16(15)17(24)22-6-2-4-14(12-22)23-7-3-5-19-23;;/h3,5,7-8,11,14-16,18H,2,4,6,9-10,12H2,1H3;2*1H/t14?,15-,16+;;/m1../s1. The molecule has 2 aliphatic rings. The Morgan fingerprint density at radius 1 is 1.27 bits per heavy atom. The lowest BCUT2D eigenvalue weighted by Crippen LogP contribution is -2.45. The number of hydrogen-bond donors (Lipinski definition) is 1. The van der Waals surface area contributed by atoms with E-state index in [4.69, 9.17) is 0 Å². The Labute approximate surface area is 165 Å². The van der Waals surface area contributed by atoms with Crippen molar-refractivity contribution in [2.24, 2.45) is 13.0 Å². The number of aryl methyl sites for hydroxylation is 1. The molecule has 4 rings (SSSR count). The van der Waals surface area contributed by atoms with Crippen LogP contribution in [0.4, 0.5) is 0 Å². The molecule has 2 aromatic rings. The van der Waals surface area contributed by atoms with Gasteiger partial charge in [0.15, 0.2) is 0 Å². The predicted molar refractivity (Wildman–Crippen MR) is 104 cm³/mol. The molecule has 1 N–H and O–H groups in total. The van der Waals surface area contributed by atoms with Gasteiger partial charge in [-0.15, -0.1) is 24.8 Å². The maximum absolute atomic E-state index is 13.1. The van der Waals surface area contributed by atoms with Crippen LogP contribution >= 0.6 is 24.8 Å². The zero-order valence-electron chi connectivity index (χ0n) is 14.8. The Kier molecular flexibility index (Phi) is 7.08. The van der Waals surface area contributed by atoms with Crippen LogP contribution in [0, 0.1) is 5.92 Å². The Balaban J connectivity index is 0.00000121. The van der Waals surface area contributed by atoms with Gasteiger partial charge in [-0.2, -0.15) is 10.2 Å². The van der Waals surface area contributed by atoms with E-state index in [-0.39, 0.29) is 42.6 Å². The third kappa shape index (κ3) is 4.05. The van der Waals surface area contributed by atoms with Crippen LogP contribution in [-0.2, 0) is 11.8 Å². The van der Waals surface area contributed by atoms with Gasteiger partial charge in [-0.1, -0.05) is 0 Å². The topological polar surface area (TPSA) is 68.0 Å². The number of carbonyl (C=O) groups is 1. The van der Waals surface area contributed by atoms with Crippen LogP contribution in [0.1, 0.15) is 30.4 Å². The van der Waals surface area contributed by atoms with Crippen molar-refractivity contribution in [1.29, 1.82) is 0 Å². The highest BCUT2D eigenvalue weighted by Gasteiger charge is 2.38. The van der Waals surface area contributed by atoms with Crippen LogP contribution < -0.4 is 5.32 Å². The number of nitrogens with one attached hydrogen (secondary N) is 1. The molecule has 3 atom stereocenters. The van der Waals surface area contributed by atoms with E-state index >= 15 is 0 Å². The normalized spacial score (nSPS) is 25.4. The maximum atomic E-state index is 13.1. The highest BCUT2D eigenvalue weighted by molar-refractivity contribution is 5.85. The van der Waals surface area contributed by atoms with Crippen LogP contribution in [0.15, 0.2) is 30.9 Å². The summed E-state index contributed by atoms with van der Waals surface area (Å²) in [6.07, 6.45) is 9.84. The molecule has 144 valence electrons. The SMILES string of the molecule is Cl.Cl.Cn1cc([C@H]2CNC[C@@H]2C(=O)N2CCCC(n3cccn3)C2)cn1. The van der Waals surface area contributed by atoms with Crippen molar-refractivity contribution in [2.75, 3.05) is 26.2 Å². The van der Waals surface area contributed by atoms with Gasteiger partial charge in [0.1, 0.15) is 0 Å². The number of aromatic nitrogens is 4. The van der Waals surface area contributed by atoms with Crippen LogP contribution in [0.2, 0.25) is 0 Å². The summed E-state index contributed by atoms with van der Waals surface area (Å²) in [6.45, 7) is 3.21. The van der Waals surface area contributed by atoms with Gasteiger partial charge in [-0.25, -0.2) is 0 Å². The zero-order valence-corrected chi connectivity index (χ0v) is 16.5. The highest BCUT2D eigenvalue weighted by atomic mass is 35.5. The van der Waals surface area contributed by atoms with Gasteiger partial charge in [0, 0.05) is 57.7 Å². The molecule has 26 heavy (non-hydrogen) atoms. The fourth-order valence-corrected chi connectivity index (χ4v) is 4.02. The summed E-state index contributed by atoms with van der Waals surface area (Å²) in [4.78, 5) is 15.2. The molecule has 4 heterocycles. The van der Waals surface area contributed by atoms with Crippen molar-refractivity contribution in [3.05, 3.63) is 36.4 Å². The first kappa shape index (κ1) is 20.7. The average molecular weight is 401 g/mol. The summed E-state index contributed by atoms with van der Waals surface area (Å²) in [5, 5.41) is 12.0. The number of amides is 1. The van der Waals surface area contributed by atoms with Crippen molar-refractivity contribution in [3.63, 3.8) is 0 Å². The largest absolute Gasteiger partial charge is 0.340 e. The van der Waals surface area contributed by atoms with Gasteiger partial charge in [-0.05, 0) is 24.5 Å². The summed E-state index contributed by atoms with van der Waals surface area (Å²) >= 11 is 0. The second kappa shape index (κ2) is 8.88. The van der Waals surface area contributed by atoms with Gasteiger partial charge >= 0.3 is 0 Å². The fourth-order valence-electron chi connectivity index (χ4n) is 4.02. The molecule has 0 bridgehead atoms. The smallest absolute Gasteiger partial charge is 0.227 e. The number of hydrogen-bond acceptors (Lipinski definition) is 4. The Morgan fingerprint density at radius 3 is 2.81 bits per heavy atom.